The second-order valence-corrected chi connectivity index (χ2v) is 7.00. The van der Waals surface area contributed by atoms with Crippen LogP contribution in [-0.4, -0.2) is 39.6 Å². The number of hydrogen-bond acceptors (Lipinski definition) is 5. The summed E-state index contributed by atoms with van der Waals surface area (Å²) in [7, 11) is 4.00. The first kappa shape index (κ1) is 17.9. The topological polar surface area (TPSA) is 63.9 Å². The van der Waals surface area contributed by atoms with E-state index < -0.39 is 0 Å². The van der Waals surface area contributed by atoms with Gasteiger partial charge < -0.3 is 4.90 Å². The van der Waals surface area contributed by atoms with E-state index in [2.05, 4.69) is 20.9 Å². The Bertz CT molecular complexity index is 1190. The quantitative estimate of drug-likeness (QED) is 0.506. The monoisotopic (exact) mass is 371 g/mol. The van der Waals surface area contributed by atoms with Gasteiger partial charge in [-0.05, 0) is 43.3 Å². The molecule has 4 rings (SSSR count). The van der Waals surface area contributed by atoms with Gasteiger partial charge in [0, 0.05) is 49.5 Å². The van der Waals surface area contributed by atoms with Gasteiger partial charge in [-0.25, -0.2) is 14.6 Å². The lowest BCUT2D eigenvalue weighted by Crippen LogP contribution is -2.09. The molecule has 0 aliphatic heterocycles. The lowest BCUT2D eigenvalue weighted by molar-refractivity contribution is 0.101. The van der Waals surface area contributed by atoms with Crippen molar-refractivity contribution in [2.45, 2.75) is 13.8 Å². The van der Waals surface area contributed by atoms with Crippen LogP contribution < -0.4 is 4.90 Å². The molecule has 6 nitrogen and oxygen atoms in total. The highest BCUT2D eigenvalue weighted by Gasteiger charge is 2.14. The zero-order valence-corrected chi connectivity index (χ0v) is 16.3. The summed E-state index contributed by atoms with van der Waals surface area (Å²) in [6.45, 7) is 3.49. The van der Waals surface area contributed by atoms with Crippen LogP contribution in [0, 0.1) is 6.92 Å². The average molecular weight is 371 g/mol. The number of aromatic nitrogens is 4. The van der Waals surface area contributed by atoms with Gasteiger partial charge in [-0.3, -0.25) is 4.79 Å². The Kier molecular flexibility index (Phi) is 4.39. The molecule has 0 fully saturated rings. The molecule has 0 amide bonds. The molecule has 0 unspecified atom stereocenters. The van der Waals surface area contributed by atoms with Crippen LogP contribution in [0.5, 0.6) is 0 Å². The number of carbonyl (C=O) groups is 1. The Labute approximate surface area is 163 Å². The lowest BCUT2D eigenvalue weighted by Gasteiger charge is -2.15. The molecule has 6 heteroatoms. The van der Waals surface area contributed by atoms with E-state index in [1.165, 1.54) is 6.92 Å². The van der Waals surface area contributed by atoms with E-state index in [1.807, 2.05) is 63.6 Å². The fraction of sp³-hybridized carbons (Fsp3) is 0.182. The Hall–Kier alpha value is -3.54. The molecule has 0 N–H and O–H groups in total. The molecule has 0 spiro atoms. The number of rotatable bonds is 4. The fourth-order valence-corrected chi connectivity index (χ4v) is 3.19. The number of fused-ring (bicyclic) bond motifs is 1. The maximum Gasteiger partial charge on any atom is 0.178 e. The first-order valence-corrected chi connectivity index (χ1v) is 9.05. The van der Waals surface area contributed by atoms with E-state index >= 15 is 0 Å². The van der Waals surface area contributed by atoms with Crippen molar-refractivity contribution in [2.24, 2.45) is 0 Å². The minimum Gasteiger partial charge on any atom is -0.377 e. The van der Waals surface area contributed by atoms with Gasteiger partial charge in [0.25, 0.3) is 0 Å². The van der Waals surface area contributed by atoms with Crippen LogP contribution in [-0.2, 0) is 0 Å². The van der Waals surface area contributed by atoms with Crippen LogP contribution in [0.4, 0.5) is 5.69 Å². The summed E-state index contributed by atoms with van der Waals surface area (Å²) >= 11 is 0. The smallest absolute Gasteiger partial charge is 0.178 e. The molecule has 0 aliphatic rings. The Morgan fingerprint density at radius 1 is 1.04 bits per heavy atom. The molecule has 0 aliphatic carbocycles. The lowest BCUT2D eigenvalue weighted by atomic mass is 10.1. The number of benzene rings is 1. The van der Waals surface area contributed by atoms with Crippen molar-refractivity contribution >= 4 is 22.4 Å². The number of nitrogens with zero attached hydrogens (tertiary/aromatic N) is 5. The summed E-state index contributed by atoms with van der Waals surface area (Å²) in [5, 5.41) is 5.77. The third kappa shape index (κ3) is 3.24. The molecule has 1 aromatic carbocycles. The van der Waals surface area contributed by atoms with Crippen LogP contribution in [0.15, 0.2) is 54.7 Å². The molecule has 0 radical (unpaired) electrons. The number of pyridine rings is 2. The fourth-order valence-electron chi connectivity index (χ4n) is 3.19. The van der Waals surface area contributed by atoms with Crippen molar-refractivity contribution in [1.29, 1.82) is 0 Å². The van der Waals surface area contributed by atoms with Gasteiger partial charge in [-0.2, -0.15) is 5.10 Å². The first-order valence-electron chi connectivity index (χ1n) is 9.05. The second-order valence-electron chi connectivity index (χ2n) is 7.00. The SMILES string of the molecule is CC(=O)c1cccc(-c2cc(N(C)C)c3cn(-c4cccc(C)n4)nc3c2)n1. The number of ketones is 1. The molecule has 140 valence electrons. The van der Waals surface area contributed by atoms with Crippen molar-refractivity contribution in [1.82, 2.24) is 19.7 Å². The summed E-state index contributed by atoms with van der Waals surface area (Å²) in [4.78, 5) is 22.8. The van der Waals surface area contributed by atoms with E-state index in [0.717, 1.165) is 39.4 Å². The summed E-state index contributed by atoms with van der Waals surface area (Å²) < 4.78 is 1.80. The van der Waals surface area contributed by atoms with Crippen molar-refractivity contribution in [2.75, 3.05) is 19.0 Å². The molecule has 3 aromatic heterocycles. The molecule has 0 bridgehead atoms. The zero-order valence-electron chi connectivity index (χ0n) is 16.3. The van der Waals surface area contributed by atoms with Crippen LogP contribution in [0.1, 0.15) is 23.1 Å². The summed E-state index contributed by atoms with van der Waals surface area (Å²) in [6.07, 6.45) is 2.00. The number of hydrogen-bond donors (Lipinski definition) is 0. The van der Waals surface area contributed by atoms with Crippen molar-refractivity contribution in [3.05, 3.63) is 66.1 Å². The minimum atomic E-state index is -0.0504. The Morgan fingerprint density at radius 2 is 1.82 bits per heavy atom. The normalized spacial score (nSPS) is 11.0. The molecular formula is C22H21N5O. The highest BCUT2D eigenvalue weighted by atomic mass is 16.1. The van der Waals surface area contributed by atoms with Crippen molar-refractivity contribution < 1.29 is 4.79 Å². The molecule has 3 heterocycles. The van der Waals surface area contributed by atoms with E-state index in [9.17, 15) is 4.79 Å². The first-order chi connectivity index (χ1) is 13.4. The minimum absolute atomic E-state index is 0.0504. The van der Waals surface area contributed by atoms with Crippen LogP contribution in [0.25, 0.3) is 28.0 Å². The van der Waals surface area contributed by atoms with Crippen molar-refractivity contribution in [3.8, 4) is 17.1 Å². The van der Waals surface area contributed by atoms with Gasteiger partial charge >= 0.3 is 0 Å². The largest absolute Gasteiger partial charge is 0.377 e. The van der Waals surface area contributed by atoms with Gasteiger partial charge in [0.15, 0.2) is 11.6 Å². The molecular weight excluding hydrogens is 350 g/mol. The van der Waals surface area contributed by atoms with Crippen LogP contribution in [0.3, 0.4) is 0 Å². The summed E-state index contributed by atoms with van der Waals surface area (Å²) in [6, 6.07) is 15.4. The summed E-state index contributed by atoms with van der Waals surface area (Å²) in [5.41, 5.74) is 4.94. The second kappa shape index (κ2) is 6.88. The maximum atomic E-state index is 11.7. The van der Waals surface area contributed by atoms with E-state index in [0.29, 0.717) is 5.69 Å². The molecule has 4 aromatic rings. The molecule has 0 saturated heterocycles. The maximum absolute atomic E-state index is 11.7. The standard InChI is InChI=1S/C22H21N5O/c1-14-7-5-10-22(23-14)27-13-17-20(25-27)11-16(12-21(17)26(3)4)19-9-6-8-18(24-19)15(2)28/h5-13H,1-4H3. The highest BCUT2D eigenvalue weighted by Crippen LogP contribution is 2.32. The van der Waals surface area contributed by atoms with E-state index in [4.69, 9.17) is 5.10 Å². The predicted molar refractivity (Wildman–Crippen MR) is 111 cm³/mol. The summed E-state index contributed by atoms with van der Waals surface area (Å²) in [5.74, 6) is 0.727. The number of carbonyl (C=O) groups excluding carboxylic acids is 1. The van der Waals surface area contributed by atoms with Crippen LogP contribution >= 0.6 is 0 Å². The number of anilines is 1. The molecule has 28 heavy (non-hydrogen) atoms. The van der Waals surface area contributed by atoms with Crippen molar-refractivity contribution in [3.63, 3.8) is 0 Å². The molecule has 0 atom stereocenters. The Morgan fingerprint density at radius 3 is 2.54 bits per heavy atom. The zero-order chi connectivity index (χ0) is 19.8. The molecule has 0 saturated carbocycles. The predicted octanol–water partition coefficient (Wildman–Crippen LogP) is 4.06. The number of aryl methyl sites for hydroxylation is 1. The average Bonchev–Trinajstić information content (AvgIpc) is 3.11. The van der Waals surface area contributed by atoms with E-state index in [1.54, 1.807) is 10.7 Å². The van der Waals surface area contributed by atoms with Gasteiger partial charge in [-0.15, -0.1) is 0 Å². The van der Waals surface area contributed by atoms with E-state index in [-0.39, 0.29) is 5.78 Å². The third-order valence-corrected chi connectivity index (χ3v) is 4.60. The number of Topliss-reactive ketones (excluding diaryl/α,β-unsaturated/α-hetero) is 1. The Balaban J connectivity index is 1.90. The van der Waals surface area contributed by atoms with Crippen LogP contribution in [0.2, 0.25) is 0 Å². The van der Waals surface area contributed by atoms with Gasteiger partial charge in [0.1, 0.15) is 5.69 Å². The third-order valence-electron chi connectivity index (χ3n) is 4.60. The highest BCUT2D eigenvalue weighted by molar-refractivity contribution is 5.96. The van der Waals surface area contributed by atoms with Gasteiger partial charge in [-0.1, -0.05) is 12.1 Å². The van der Waals surface area contributed by atoms with Gasteiger partial charge in [0.05, 0.1) is 11.2 Å². The van der Waals surface area contributed by atoms with Gasteiger partial charge in [0.2, 0.25) is 0 Å².